The van der Waals surface area contributed by atoms with E-state index in [1.54, 1.807) is 6.92 Å². The Labute approximate surface area is 111 Å². The Balaban J connectivity index is 2.10. The second-order valence-corrected chi connectivity index (χ2v) is 7.10. The molecule has 1 fully saturated rings. The second-order valence-electron chi connectivity index (χ2n) is 4.70. The lowest BCUT2D eigenvalue weighted by Crippen LogP contribution is -2.25. The van der Waals surface area contributed by atoms with Crippen LogP contribution in [0.15, 0.2) is 12.1 Å². The number of nitrogens with zero attached hydrogens (tertiary/aromatic N) is 1. The fourth-order valence-corrected chi connectivity index (χ4v) is 3.95. The highest BCUT2D eigenvalue weighted by atomic mass is 32.2. The number of nitrogens with one attached hydrogen (secondary N) is 1. The molecule has 1 saturated heterocycles. The quantitative estimate of drug-likeness (QED) is 0.858. The molecule has 1 aromatic heterocycles. The molecule has 2 rings (SSSR count). The van der Waals surface area contributed by atoms with Crippen molar-refractivity contribution in [2.24, 2.45) is 0 Å². The maximum atomic E-state index is 11.7. The van der Waals surface area contributed by atoms with Crippen molar-refractivity contribution in [2.45, 2.75) is 25.0 Å². The zero-order valence-corrected chi connectivity index (χ0v) is 11.4. The number of aromatic carboxylic acids is 1. The average Bonchev–Trinajstić information content (AvgIpc) is 2.65. The number of carboxylic acid groups (broad SMARTS) is 1. The molecule has 2 heterocycles. The van der Waals surface area contributed by atoms with Crippen molar-refractivity contribution in [2.75, 3.05) is 17.6 Å². The predicted octanol–water partition coefficient (Wildman–Crippen LogP) is 1.08. The van der Waals surface area contributed by atoms with Gasteiger partial charge in [-0.3, -0.25) is 0 Å². The molecule has 0 aromatic carbocycles. The monoisotopic (exact) mass is 284 g/mol. The molecule has 0 bridgehead atoms. The first-order chi connectivity index (χ1) is 8.88. The molecule has 0 aliphatic carbocycles. The van der Waals surface area contributed by atoms with Crippen LogP contribution in [0.2, 0.25) is 0 Å². The highest BCUT2D eigenvalue weighted by Crippen LogP contribution is 2.20. The number of aryl methyl sites for hydroxylation is 1. The topological polar surface area (TPSA) is 96.4 Å². The van der Waals surface area contributed by atoms with Crippen LogP contribution in [0.5, 0.6) is 0 Å². The third-order valence-corrected chi connectivity index (χ3v) is 5.45. The van der Waals surface area contributed by atoms with Crippen molar-refractivity contribution < 1.29 is 18.3 Å². The number of carboxylic acids is 1. The Hall–Kier alpha value is -1.63. The van der Waals surface area contributed by atoms with E-state index in [1.165, 1.54) is 12.1 Å². The van der Waals surface area contributed by atoms with Crippen LogP contribution in [-0.2, 0) is 9.84 Å². The number of rotatable bonds is 4. The van der Waals surface area contributed by atoms with Crippen LogP contribution >= 0.6 is 0 Å². The third-order valence-electron chi connectivity index (χ3n) is 3.17. The summed E-state index contributed by atoms with van der Waals surface area (Å²) in [6, 6.07) is 2.89. The lowest BCUT2D eigenvalue weighted by molar-refractivity contribution is 0.0696. The van der Waals surface area contributed by atoms with Gasteiger partial charge in [-0.1, -0.05) is 0 Å². The van der Waals surface area contributed by atoms with Gasteiger partial charge in [0.1, 0.15) is 5.82 Å². The first-order valence-electron chi connectivity index (χ1n) is 6.06. The van der Waals surface area contributed by atoms with E-state index in [9.17, 15) is 13.2 Å². The molecule has 104 valence electrons. The summed E-state index contributed by atoms with van der Waals surface area (Å²) in [5.41, 5.74) is 0.723. The average molecular weight is 284 g/mol. The Morgan fingerprint density at radius 3 is 2.84 bits per heavy atom. The lowest BCUT2D eigenvalue weighted by Gasteiger charge is -2.12. The molecule has 0 amide bonds. The minimum Gasteiger partial charge on any atom is -0.478 e. The number of aromatic nitrogens is 1. The zero-order valence-electron chi connectivity index (χ0n) is 10.6. The van der Waals surface area contributed by atoms with E-state index in [4.69, 9.17) is 5.11 Å². The van der Waals surface area contributed by atoms with Gasteiger partial charge in [0.2, 0.25) is 0 Å². The molecule has 1 atom stereocenters. The molecule has 6 nitrogen and oxygen atoms in total. The maximum absolute atomic E-state index is 11.7. The van der Waals surface area contributed by atoms with Crippen LogP contribution in [0.4, 0.5) is 5.82 Å². The second kappa shape index (κ2) is 5.16. The minimum absolute atomic E-state index is 0.143. The highest BCUT2D eigenvalue weighted by molar-refractivity contribution is 7.92. The first kappa shape index (κ1) is 13.8. The van der Waals surface area contributed by atoms with E-state index in [0.29, 0.717) is 24.4 Å². The van der Waals surface area contributed by atoms with E-state index in [1.807, 2.05) is 0 Å². The summed E-state index contributed by atoms with van der Waals surface area (Å²) in [6.07, 6.45) is 1.34. The predicted molar refractivity (Wildman–Crippen MR) is 71.2 cm³/mol. The molecule has 7 heteroatoms. The van der Waals surface area contributed by atoms with Crippen LogP contribution in [0.25, 0.3) is 0 Å². The minimum atomic E-state index is -3.00. The summed E-state index contributed by atoms with van der Waals surface area (Å²) < 4.78 is 23.3. The maximum Gasteiger partial charge on any atom is 0.335 e. The van der Waals surface area contributed by atoms with Crippen molar-refractivity contribution in [1.82, 2.24) is 4.98 Å². The molecule has 1 aliphatic heterocycles. The third kappa shape index (κ3) is 3.23. The molecular formula is C12H16N2O4S. The van der Waals surface area contributed by atoms with Gasteiger partial charge in [0.25, 0.3) is 0 Å². The number of anilines is 1. The Kier molecular flexibility index (Phi) is 3.75. The zero-order chi connectivity index (χ0) is 14.0. The van der Waals surface area contributed by atoms with E-state index in [2.05, 4.69) is 10.3 Å². The van der Waals surface area contributed by atoms with E-state index in [0.717, 1.165) is 0 Å². The Morgan fingerprint density at radius 2 is 2.26 bits per heavy atom. The molecule has 1 aromatic rings. The van der Waals surface area contributed by atoms with E-state index < -0.39 is 21.1 Å². The normalized spacial score (nSPS) is 21.2. The van der Waals surface area contributed by atoms with Gasteiger partial charge < -0.3 is 10.4 Å². The van der Waals surface area contributed by atoms with Crippen LogP contribution in [-0.4, -0.2) is 42.0 Å². The van der Waals surface area contributed by atoms with Gasteiger partial charge in [-0.05, 0) is 31.9 Å². The van der Waals surface area contributed by atoms with Gasteiger partial charge in [0.15, 0.2) is 9.84 Å². The standard InChI is InChI=1S/C12H16N2O4S/c1-8-5-9(12(15)16)6-11(14-8)13-7-10-3-2-4-19(10,17)18/h5-6,10H,2-4,7H2,1H3,(H,13,14)(H,15,16). The molecule has 0 radical (unpaired) electrons. The first-order valence-corrected chi connectivity index (χ1v) is 7.77. The summed E-state index contributed by atoms with van der Waals surface area (Å²) in [6.45, 7) is 1.97. The molecule has 0 saturated carbocycles. The van der Waals surface area contributed by atoms with Gasteiger partial charge in [-0.2, -0.15) is 0 Å². The van der Waals surface area contributed by atoms with Gasteiger partial charge in [0, 0.05) is 12.2 Å². The molecule has 19 heavy (non-hydrogen) atoms. The van der Waals surface area contributed by atoms with Gasteiger partial charge in [0.05, 0.1) is 16.6 Å². The van der Waals surface area contributed by atoms with Crippen molar-refractivity contribution in [3.63, 3.8) is 0 Å². The summed E-state index contributed by atoms with van der Waals surface area (Å²) in [5, 5.41) is 11.5. The summed E-state index contributed by atoms with van der Waals surface area (Å²) >= 11 is 0. The van der Waals surface area contributed by atoms with E-state index >= 15 is 0 Å². The van der Waals surface area contributed by atoms with Crippen LogP contribution in [0.1, 0.15) is 28.9 Å². The molecular weight excluding hydrogens is 268 g/mol. The number of hydrogen-bond acceptors (Lipinski definition) is 5. The smallest absolute Gasteiger partial charge is 0.335 e. The molecule has 2 N–H and O–H groups in total. The Morgan fingerprint density at radius 1 is 1.53 bits per heavy atom. The summed E-state index contributed by atoms with van der Waals surface area (Å²) in [7, 11) is -3.00. The number of pyridine rings is 1. The molecule has 1 unspecified atom stereocenters. The van der Waals surface area contributed by atoms with Crippen LogP contribution in [0.3, 0.4) is 0 Å². The van der Waals surface area contributed by atoms with Gasteiger partial charge in [-0.25, -0.2) is 18.2 Å². The Bertz CT molecular complexity index is 598. The number of carbonyl (C=O) groups is 1. The van der Waals surface area contributed by atoms with E-state index in [-0.39, 0.29) is 17.9 Å². The highest BCUT2D eigenvalue weighted by Gasteiger charge is 2.30. The van der Waals surface area contributed by atoms with Crippen LogP contribution in [0, 0.1) is 6.92 Å². The van der Waals surface area contributed by atoms with Gasteiger partial charge in [-0.15, -0.1) is 0 Å². The summed E-state index contributed by atoms with van der Waals surface area (Å²) in [4.78, 5) is 15.1. The van der Waals surface area contributed by atoms with Crippen LogP contribution < -0.4 is 5.32 Å². The van der Waals surface area contributed by atoms with Crippen molar-refractivity contribution >= 4 is 21.6 Å². The lowest BCUT2D eigenvalue weighted by atomic mass is 10.2. The SMILES string of the molecule is Cc1cc(C(=O)O)cc(NCC2CCCS2(=O)=O)n1. The number of hydrogen-bond donors (Lipinski definition) is 2. The van der Waals surface area contributed by atoms with Crippen molar-refractivity contribution in [1.29, 1.82) is 0 Å². The van der Waals surface area contributed by atoms with Gasteiger partial charge >= 0.3 is 5.97 Å². The van der Waals surface area contributed by atoms with Crippen molar-refractivity contribution in [3.05, 3.63) is 23.4 Å². The molecule has 0 spiro atoms. The fourth-order valence-electron chi connectivity index (χ4n) is 2.19. The number of sulfone groups is 1. The fraction of sp³-hybridized carbons (Fsp3) is 0.500. The summed E-state index contributed by atoms with van der Waals surface area (Å²) in [5.74, 6) is -0.387. The van der Waals surface area contributed by atoms with Crippen molar-refractivity contribution in [3.8, 4) is 0 Å². The largest absolute Gasteiger partial charge is 0.478 e. The molecule has 1 aliphatic rings.